The zero-order valence-corrected chi connectivity index (χ0v) is 49.8. The quantitative estimate of drug-likeness (QED) is 0.0320. The lowest BCUT2D eigenvalue weighted by Crippen LogP contribution is -2.45. The molecule has 436 valence electrons. The number of hydrogen-bond acceptors (Lipinski definition) is 5. The standard InChI is InChI=1S/C68H129NO5/c1-3-5-7-9-11-13-15-17-34-38-42-46-50-54-58-62-68(73)74-63-59-55-51-47-43-39-36-33-31-29-27-25-23-21-19-18-20-22-24-26-28-30-32-35-37-41-45-49-53-57-61-67(72)69-65(64-70)66(71)60-56-52-48-44-40-16-14-12-10-8-6-4-2/h11,13,17,19,21,34,65-66,70-71H,3-10,12,14-16,18,20,22-33,35-64H2,1-2H3,(H,69,72)/b13-11-,21-19-,34-17-. The zero-order chi connectivity index (χ0) is 53.6. The Balaban J connectivity index is 3.35. The number of carbonyl (C=O) groups excluding carboxylic acids is 2. The van der Waals surface area contributed by atoms with Crippen molar-refractivity contribution < 1.29 is 24.5 Å². The second kappa shape index (κ2) is 63.6. The van der Waals surface area contributed by atoms with Gasteiger partial charge in [0, 0.05) is 12.8 Å². The van der Waals surface area contributed by atoms with Crippen LogP contribution in [0.3, 0.4) is 0 Å². The number of ether oxygens (including phenoxy) is 1. The number of allylic oxidation sites excluding steroid dienone is 6. The normalized spacial score (nSPS) is 12.8. The number of aliphatic hydroxyl groups excluding tert-OH is 2. The highest BCUT2D eigenvalue weighted by Gasteiger charge is 2.20. The third-order valence-corrected chi connectivity index (χ3v) is 15.4. The molecule has 3 N–H and O–H groups in total. The second-order valence-corrected chi connectivity index (χ2v) is 22.8. The van der Waals surface area contributed by atoms with E-state index in [2.05, 4.69) is 55.6 Å². The summed E-state index contributed by atoms with van der Waals surface area (Å²) < 4.78 is 5.48. The summed E-state index contributed by atoms with van der Waals surface area (Å²) in [6.07, 6.45) is 80.4. The number of unbranched alkanes of at least 4 members (excludes halogenated alkanes) is 45. The molecule has 6 heteroatoms. The maximum absolute atomic E-state index is 12.5. The number of esters is 1. The molecule has 0 radical (unpaired) electrons. The third-order valence-electron chi connectivity index (χ3n) is 15.4. The van der Waals surface area contributed by atoms with Crippen LogP contribution in [0.1, 0.15) is 361 Å². The van der Waals surface area contributed by atoms with Crippen molar-refractivity contribution >= 4 is 11.9 Å². The van der Waals surface area contributed by atoms with Crippen molar-refractivity contribution in [3.63, 3.8) is 0 Å². The van der Waals surface area contributed by atoms with E-state index in [1.54, 1.807) is 0 Å². The predicted octanol–water partition coefficient (Wildman–Crippen LogP) is 21.1. The highest BCUT2D eigenvalue weighted by Crippen LogP contribution is 2.18. The van der Waals surface area contributed by atoms with Crippen molar-refractivity contribution in [3.8, 4) is 0 Å². The summed E-state index contributed by atoms with van der Waals surface area (Å²) in [5, 5.41) is 23.2. The van der Waals surface area contributed by atoms with E-state index < -0.39 is 12.1 Å². The van der Waals surface area contributed by atoms with E-state index in [1.807, 2.05) is 0 Å². The molecule has 0 fully saturated rings. The number of hydrogen-bond donors (Lipinski definition) is 3. The molecule has 0 saturated heterocycles. The van der Waals surface area contributed by atoms with Gasteiger partial charge in [-0.3, -0.25) is 9.59 Å². The Morgan fingerprint density at radius 3 is 1.07 bits per heavy atom. The summed E-state index contributed by atoms with van der Waals surface area (Å²) >= 11 is 0. The van der Waals surface area contributed by atoms with Crippen molar-refractivity contribution in [2.45, 2.75) is 373 Å². The van der Waals surface area contributed by atoms with Crippen LogP contribution in [0.2, 0.25) is 0 Å². The summed E-state index contributed by atoms with van der Waals surface area (Å²) in [5.41, 5.74) is 0. The van der Waals surface area contributed by atoms with Crippen molar-refractivity contribution in [2.24, 2.45) is 0 Å². The summed E-state index contributed by atoms with van der Waals surface area (Å²) in [4.78, 5) is 24.5. The van der Waals surface area contributed by atoms with E-state index in [9.17, 15) is 19.8 Å². The van der Waals surface area contributed by atoms with E-state index in [1.165, 1.54) is 276 Å². The van der Waals surface area contributed by atoms with Crippen LogP contribution in [-0.2, 0) is 14.3 Å². The van der Waals surface area contributed by atoms with Crippen LogP contribution in [0.15, 0.2) is 36.5 Å². The van der Waals surface area contributed by atoms with Crippen molar-refractivity contribution in [2.75, 3.05) is 13.2 Å². The summed E-state index contributed by atoms with van der Waals surface area (Å²) in [5.74, 6) is -0.0297. The molecule has 0 aromatic carbocycles. The van der Waals surface area contributed by atoms with E-state index in [0.29, 0.717) is 25.9 Å². The number of nitrogens with one attached hydrogen (secondary N) is 1. The molecular weight excluding hydrogens is 911 g/mol. The number of amides is 1. The molecule has 0 aliphatic rings. The van der Waals surface area contributed by atoms with Gasteiger partial charge in [-0.25, -0.2) is 0 Å². The average molecular weight is 1040 g/mol. The Morgan fingerprint density at radius 2 is 0.676 bits per heavy atom. The fourth-order valence-electron chi connectivity index (χ4n) is 10.3. The van der Waals surface area contributed by atoms with E-state index in [0.717, 1.165) is 51.4 Å². The van der Waals surface area contributed by atoms with Gasteiger partial charge in [-0.2, -0.15) is 0 Å². The van der Waals surface area contributed by atoms with Gasteiger partial charge in [-0.05, 0) is 83.5 Å². The topological polar surface area (TPSA) is 95.9 Å². The minimum atomic E-state index is -0.662. The highest BCUT2D eigenvalue weighted by molar-refractivity contribution is 5.76. The van der Waals surface area contributed by atoms with Gasteiger partial charge in [-0.15, -0.1) is 0 Å². The summed E-state index contributed by atoms with van der Waals surface area (Å²) in [7, 11) is 0. The fourth-order valence-corrected chi connectivity index (χ4v) is 10.3. The van der Waals surface area contributed by atoms with Gasteiger partial charge in [0.25, 0.3) is 0 Å². The molecule has 6 nitrogen and oxygen atoms in total. The molecule has 0 bridgehead atoms. The Hall–Kier alpha value is -1.92. The molecule has 0 saturated carbocycles. The maximum atomic E-state index is 12.5. The lowest BCUT2D eigenvalue weighted by Gasteiger charge is -2.22. The molecule has 0 aliphatic carbocycles. The van der Waals surface area contributed by atoms with E-state index >= 15 is 0 Å². The van der Waals surface area contributed by atoms with Gasteiger partial charge in [0.15, 0.2) is 0 Å². The average Bonchev–Trinajstić information content (AvgIpc) is 3.40. The molecule has 0 spiro atoms. The van der Waals surface area contributed by atoms with Crippen LogP contribution < -0.4 is 5.32 Å². The Bertz CT molecular complexity index is 1200. The van der Waals surface area contributed by atoms with Crippen LogP contribution >= 0.6 is 0 Å². The minimum Gasteiger partial charge on any atom is -0.466 e. The first-order valence-corrected chi connectivity index (χ1v) is 33.2. The lowest BCUT2D eigenvalue weighted by atomic mass is 10.0. The van der Waals surface area contributed by atoms with Gasteiger partial charge in [0.1, 0.15) is 0 Å². The molecule has 2 atom stereocenters. The maximum Gasteiger partial charge on any atom is 0.305 e. The van der Waals surface area contributed by atoms with Gasteiger partial charge < -0.3 is 20.3 Å². The highest BCUT2D eigenvalue weighted by atomic mass is 16.5. The molecule has 0 aromatic heterocycles. The molecular formula is C68H129NO5. The number of rotatable bonds is 62. The fraction of sp³-hybridized carbons (Fsp3) is 0.882. The summed E-state index contributed by atoms with van der Waals surface area (Å²) in [6.45, 7) is 4.93. The summed E-state index contributed by atoms with van der Waals surface area (Å²) in [6, 6.07) is -0.539. The van der Waals surface area contributed by atoms with Crippen LogP contribution in [0.5, 0.6) is 0 Å². The molecule has 0 rings (SSSR count). The molecule has 0 aromatic rings. The van der Waals surface area contributed by atoms with Crippen LogP contribution in [-0.4, -0.2) is 47.4 Å². The second-order valence-electron chi connectivity index (χ2n) is 22.8. The first-order valence-electron chi connectivity index (χ1n) is 33.2. The third kappa shape index (κ3) is 59.3. The monoisotopic (exact) mass is 1040 g/mol. The number of carbonyl (C=O) groups is 2. The van der Waals surface area contributed by atoms with Gasteiger partial charge in [0.2, 0.25) is 5.91 Å². The molecule has 2 unspecified atom stereocenters. The SMILES string of the molecule is CCCCC/C=C\C/C=C\CCCCCCCC(=O)OCCCCCCCCCCCCCC/C=C\CCCCCCCCCCCCCCCCC(=O)NC(CO)C(O)CCCCCCCCCCCCCC. The lowest BCUT2D eigenvalue weighted by molar-refractivity contribution is -0.143. The smallest absolute Gasteiger partial charge is 0.305 e. The Labute approximate surface area is 462 Å². The first-order chi connectivity index (χ1) is 36.5. The molecule has 74 heavy (non-hydrogen) atoms. The zero-order valence-electron chi connectivity index (χ0n) is 49.8. The van der Waals surface area contributed by atoms with Crippen molar-refractivity contribution in [3.05, 3.63) is 36.5 Å². The predicted molar refractivity (Wildman–Crippen MR) is 324 cm³/mol. The van der Waals surface area contributed by atoms with Gasteiger partial charge in [0.05, 0.1) is 25.4 Å². The number of aliphatic hydroxyl groups is 2. The molecule has 1 amide bonds. The minimum absolute atomic E-state index is 0.00316. The van der Waals surface area contributed by atoms with Crippen molar-refractivity contribution in [1.82, 2.24) is 5.32 Å². The van der Waals surface area contributed by atoms with Crippen LogP contribution in [0, 0.1) is 0 Å². The Kier molecular flexibility index (Phi) is 62.0. The largest absolute Gasteiger partial charge is 0.466 e. The van der Waals surface area contributed by atoms with Crippen molar-refractivity contribution in [1.29, 1.82) is 0 Å². The molecule has 0 heterocycles. The first kappa shape index (κ1) is 72.1. The van der Waals surface area contributed by atoms with E-state index in [-0.39, 0.29) is 18.5 Å². The molecule has 0 aliphatic heterocycles. The van der Waals surface area contributed by atoms with Gasteiger partial charge in [-0.1, -0.05) is 301 Å². The van der Waals surface area contributed by atoms with E-state index in [4.69, 9.17) is 4.74 Å². The van der Waals surface area contributed by atoms with Crippen LogP contribution in [0.4, 0.5) is 0 Å². The Morgan fingerprint density at radius 1 is 0.378 bits per heavy atom. The van der Waals surface area contributed by atoms with Crippen LogP contribution in [0.25, 0.3) is 0 Å². The van der Waals surface area contributed by atoms with Gasteiger partial charge >= 0.3 is 5.97 Å².